The number of benzene rings is 1. The van der Waals surface area contributed by atoms with Crippen molar-refractivity contribution < 1.29 is 30.7 Å². The van der Waals surface area contributed by atoms with Crippen LogP contribution in [0, 0.1) is 5.82 Å². The molecule has 0 amide bonds. The van der Waals surface area contributed by atoms with Gasteiger partial charge in [-0.25, -0.2) is 17.8 Å². The van der Waals surface area contributed by atoms with Gasteiger partial charge in [0.05, 0.1) is 29.1 Å². The molecule has 214 valence electrons. The Hall–Kier alpha value is -3.45. The molecule has 1 aliphatic rings. The van der Waals surface area contributed by atoms with Gasteiger partial charge in [-0.1, -0.05) is 0 Å². The van der Waals surface area contributed by atoms with Crippen molar-refractivity contribution in [2.45, 2.75) is 38.6 Å². The van der Waals surface area contributed by atoms with Crippen LogP contribution in [0.1, 0.15) is 25.8 Å². The number of pyridine rings is 1. The fourth-order valence-electron chi connectivity index (χ4n) is 5.07. The Morgan fingerprint density at radius 3 is 2.40 bits per heavy atom. The molecule has 40 heavy (non-hydrogen) atoms. The molecule has 0 aliphatic carbocycles. The Kier molecular flexibility index (Phi) is 7.15. The van der Waals surface area contributed by atoms with Gasteiger partial charge in [-0.15, -0.1) is 13.2 Å². The van der Waals surface area contributed by atoms with Gasteiger partial charge in [0.15, 0.2) is 9.84 Å². The van der Waals surface area contributed by atoms with Crippen molar-refractivity contribution in [1.29, 1.82) is 0 Å². The first-order valence-corrected chi connectivity index (χ1v) is 14.5. The number of alkyl halides is 3. The van der Waals surface area contributed by atoms with Gasteiger partial charge in [-0.2, -0.15) is 5.10 Å². The normalized spacial score (nSPS) is 16.5. The molecule has 8 nitrogen and oxygen atoms in total. The predicted molar refractivity (Wildman–Crippen MR) is 143 cm³/mol. The van der Waals surface area contributed by atoms with Crippen molar-refractivity contribution in [2.24, 2.45) is 7.05 Å². The zero-order valence-corrected chi connectivity index (χ0v) is 23.1. The van der Waals surface area contributed by atoms with E-state index in [-0.39, 0.29) is 28.3 Å². The summed E-state index contributed by atoms with van der Waals surface area (Å²) in [6.45, 7) is 5.21. The minimum Gasteiger partial charge on any atom is -0.406 e. The Morgan fingerprint density at radius 1 is 1.05 bits per heavy atom. The van der Waals surface area contributed by atoms with E-state index in [1.54, 1.807) is 24.0 Å². The standard InChI is InChI=1S/C27H29F4N5O3S/c1-26(2,35-10-12-40(37,38)13-11-35)9-8-18-16-36(19-15-32-34(3)17-19)25-21(18)6-7-24(33-25)22-5-4-20(14-23(22)28)39-27(29,30)31/h4-7,14-17H,8-13H2,1-3H3. The van der Waals surface area contributed by atoms with Crippen LogP contribution in [0.5, 0.6) is 5.75 Å². The number of ether oxygens (including phenoxy) is 1. The van der Waals surface area contributed by atoms with Crippen LogP contribution in [0.2, 0.25) is 0 Å². The average molecular weight is 580 g/mol. The number of fused-ring (bicyclic) bond motifs is 1. The quantitative estimate of drug-likeness (QED) is 0.290. The zero-order chi connectivity index (χ0) is 28.9. The van der Waals surface area contributed by atoms with Crippen molar-refractivity contribution in [1.82, 2.24) is 24.2 Å². The number of aromatic nitrogens is 4. The molecule has 1 aromatic carbocycles. The smallest absolute Gasteiger partial charge is 0.406 e. The summed E-state index contributed by atoms with van der Waals surface area (Å²) >= 11 is 0. The third-order valence-electron chi connectivity index (χ3n) is 7.36. The molecule has 0 N–H and O–H groups in total. The minimum absolute atomic E-state index is 0.0399. The number of rotatable bonds is 7. The molecule has 4 aromatic rings. The Bertz CT molecular complexity index is 1650. The molecule has 5 rings (SSSR count). The lowest BCUT2D eigenvalue weighted by molar-refractivity contribution is -0.274. The average Bonchev–Trinajstić information content (AvgIpc) is 3.44. The van der Waals surface area contributed by atoms with Gasteiger partial charge in [0.2, 0.25) is 0 Å². The van der Waals surface area contributed by atoms with Crippen LogP contribution in [0.25, 0.3) is 28.0 Å². The molecule has 1 aliphatic heterocycles. The van der Waals surface area contributed by atoms with Crippen LogP contribution in [-0.4, -0.2) is 69.1 Å². The maximum atomic E-state index is 14.9. The van der Waals surface area contributed by atoms with Crippen LogP contribution in [0.3, 0.4) is 0 Å². The van der Waals surface area contributed by atoms with Crippen molar-refractivity contribution in [3.63, 3.8) is 0 Å². The minimum atomic E-state index is -4.92. The van der Waals surface area contributed by atoms with Crippen LogP contribution in [0.4, 0.5) is 17.6 Å². The summed E-state index contributed by atoms with van der Waals surface area (Å²) in [5.74, 6) is -1.23. The summed E-state index contributed by atoms with van der Waals surface area (Å²) in [7, 11) is -1.19. The highest BCUT2D eigenvalue weighted by atomic mass is 32.2. The van der Waals surface area contributed by atoms with E-state index in [0.29, 0.717) is 31.2 Å². The first-order valence-electron chi connectivity index (χ1n) is 12.7. The van der Waals surface area contributed by atoms with Crippen molar-refractivity contribution >= 4 is 20.9 Å². The van der Waals surface area contributed by atoms with E-state index >= 15 is 0 Å². The number of hydrogen-bond donors (Lipinski definition) is 0. The molecule has 1 saturated heterocycles. The van der Waals surface area contributed by atoms with E-state index in [4.69, 9.17) is 4.98 Å². The second kappa shape index (κ2) is 10.2. The second-order valence-electron chi connectivity index (χ2n) is 10.6. The highest BCUT2D eigenvalue weighted by Crippen LogP contribution is 2.33. The third kappa shape index (κ3) is 5.99. The maximum Gasteiger partial charge on any atom is 0.573 e. The molecule has 0 spiro atoms. The fraction of sp³-hybridized carbons (Fsp3) is 0.407. The Labute approximate surface area is 229 Å². The van der Waals surface area contributed by atoms with Gasteiger partial charge in [0.25, 0.3) is 0 Å². The van der Waals surface area contributed by atoms with Crippen molar-refractivity contribution in [3.8, 4) is 22.7 Å². The number of nitrogens with zero attached hydrogens (tertiary/aromatic N) is 5. The molecular formula is C27H29F4N5O3S. The van der Waals surface area contributed by atoms with E-state index in [2.05, 4.69) is 28.6 Å². The van der Waals surface area contributed by atoms with E-state index < -0.39 is 27.8 Å². The summed E-state index contributed by atoms with van der Waals surface area (Å²) in [5, 5.41) is 5.10. The lowest BCUT2D eigenvalue weighted by Crippen LogP contribution is -2.51. The Morgan fingerprint density at radius 2 is 1.77 bits per heavy atom. The van der Waals surface area contributed by atoms with Crippen LogP contribution in [0.15, 0.2) is 48.9 Å². The molecular weight excluding hydrogens is 550 g/mol. The first-order chi connectivity index (χ1) is 18.7. The summed E-state index contributed by atoms with van der Waals surface area (Å²) in [5.41, 5.74) is 2.36. The van der Waals surface area contributed by atoms with E-state index in [1.807, 2.05) is 23.0 Å². The molecule has 3 aromatic heterocycles. The highest BCUT2D eigenvalue weighted by Gasteiger charge is 2.33. The van der Waals surface area contributed by atoms with Gasteiger partial charge in [-0.3, -0.25) is 14.1 Å². The summed E-state index contributed by atoms with van der Waals surface area (Å²) in [6, 6.07) is 6.43. The molecule has 4 heterocycles. The number of sulfone groups is 1. The van der Waals surface area contributed by atoms with Crippen LogP contribution in [-0.2, 0) is 23.3 Å². The zero-order valence-electron chi connectivity index (χ0n) is 22.2. The Balaban J connectivity index is 1.48. The molecule has 0 saturated carbocycles. The second-order valence-corrected chi connectivity index (χ2v) is 12.9. The van der Waals surface area contributed by atoms with Gasteiger partial charge in [0.1, 0.15) is 17.2 Å². The third-order valence-corrected chi connectivity index (χ3v) is 8.97. The predicted octanol–water partition coefficient (Wildman–Crippen LogP) is 4.91. The van der Waals surface area contributed by atoms with Crippen molar-refractivity contribution in [3.05, 3.63) is 60.3 Å². The molecule has 1 fully saturated rings. The van der Waals surface area contributed by atoms with Crippen molar-refractivity contribution in [2.75, 3.05) is 24.6 Å². The van der Waals surface area contributed by atoms with E-state index in [0.717, 1.165) is 29.1 Å². The fourth-order valence-corrected chi connectivity index (χ4v) is 6.27. The first kappa shape index (κ1) is 28.1. The van der Waals surface area contributed by atoms with Gasteiger partial charge in [-0.05, 0) is 56.5 Å². The van der Waals surface area contributed by atoms with Gasteiger partial charge < -0.3 is 4.74 Å². The molecule has 0 unspecified atom stereocenters. The molecule has 0 atom stereocenters. The molecule has 0 bridgehead atoms. The van der Waals surface area contributed by atoms with E-state index in [9.17, 15) is 26.0 Å². The molecule has 0 radical (unpaired) electrons. The highest BCUT2D eigenvalue weighted by molar-refractivity contribution is 7.91. The number of halogens is 4. The SMILES string of the molecule is Cn1cc(-n2cc(CCC(C)(C)N3CCS(=O)(=O)CC3)c3ccc(-c4ccc(OC(F)(F)F)cc4F)nc32)cn1. The summed E-state index contributed by atoms with van der Waals surface area (Å²) < 4.78 is 83.7. The van der Waals surface area contributed by atoms with Gasteiger partial charge >= 0.3 is 6.36 Å². The van der Waals surface area contributed by atoms with E-state index in [1.165, 1.54) is 6.07 Å². The summed E-state index contributed by atoms with van der Waals surface area (Å²) in [4.78, 5) is 6.92. The maximum absolute atomic E-state index is 14.9. The molecule has 13 heteroatoms. The number of aryl methyl sites for hydroxylation is 2. The van der Waals surface area contributed by atoms with Gasteiger partial charge in [0, 0.05) is 55.1 Å². The summed E-state index contributed by atoms with van der Waals surface area (Å²) in [6.07, 6.45) is 1.98. The largest absolute Gasteiger partial charge is 0.573 e. The van der Waals surface area contributed by atoms with Crippen LogP contribution >= 0.6 is 0 Å². The lowest BCUT2D eigenvalue weighted by atomic mass is 9.93. The number of hydrogen-bond acceptors (Lipinski definition) is 6. The lowest BCUT2D eigenvalue weighted by Gasteiger charge is -2.41. The van der Waals surface area contributed by atoms with Crippen LogP contribution < -0.4 is 4.74 Å². The topological polar surface area (TPSA) is 82.2 Å². The monoisotopic (exact) mass is 579 g/mol.